The second-order valence-electron chi connectivity index (χ2n) is 6.83. The molecule has 0 radical (unpaired) electrons. The molecule has 2 rings (SSSR count). The van der Waals surface area contributed by atoms with E-state index in [4.69, 9.17) is 0 Å². The fourth-order valence-corrected chi connectivity index (χ4v) is 4.52. The van der Waals surface area contributed by atoms with Gasteiger partial charge in [0.1, 0.15) is 5.78 Å². The van der Waals surface area contributed by atoms with E-state index in [0.717, 1.165) is 6.42 Å². The van der Waals surface area contributed by atoms with Crippen molar-refractivity contribution in [3.8, 4) is 0 Å². The number of fused-ring (bicyclic) bond motifs is 1. The molecule has 92 valence electrons. The van der Waals surface area contributed by atoms with Crippen LogP contribution in [-0.4, -0.2) is 17.0 Å². The number of ketones is 1. The number of carbonyl (C=O) groups is 1. The van der Waals surface area contributed by atoms with Gasteiger partial charge < -0.3 is 5.11 Å². The highest BCUT2D eigenvalue weighted by molar-refractivity contribution is 5.80. The molecule has 0 heterocycles. The minimum atomic E-state index is -0.173. The molecule has 5 unspecified atom stereocenters. The van der Waals surface area contributed by atoms with Crippen LogP contribution in [0.2, 0.25) is 0 Å². The summed E-state index contributed by atoms with van der Waals surface area (Å²) in [6.07, 6.45) is 0.834. The molecule has 0 aromatic carbocycles. The standard InChI is InChI=1S/C14H24O2/c1-7(2)10-11-9(13(10)16)6-14(4,5)12(11)8(3)15/h7,9-13,16H,6H2,1-5H3. The molecule has 2 saturated carbocycles. The first-order valence-electron chi connectivity index (χ1n) is 6.46. The number of aliphatic hydroxyl groups excluding tert-OH is 1. The van der Waals surface area contributed by atoms with Gasteiger partial charge in [0, 0.05) is 5.92 Å². The van der Waals surface area contributed by atoms with Crippen molar-refractivity contribution in [1.82, 2.24) is 0 Å². The maximum Gasteiger partial charge on any atom is 0.133 e. The second kappa shape index (κ2) is 3.56. The Morgan fingerprint density at radius 3 is 2.38 bits per heavy atom. The molecule has 0 aromatic rings. The van der Waals surface area contributed by atoms with Crippen LogP contribution in [-0.2, 0) is 4.79 Å². The van der Waals surface area contributed by atoms with Gasteiger partial charge in [-0.15, -0.1) is 0 Å². The molecule has 0 aliphatic heterocycles. The fourth-order valence-electron chi connectivity index (χ4n) is 4.52. The van der Waals surface area contributed by atoms with Gasteiger partial charge in [-0.3, -0.25) is 4.79 Å². The van der Waals surface area contributed by atoms with Crippen LogP contribution in [0, 0.1) is 35.0 Å². The lowest BCUT2D eigenvalue weighted by molar-refractivity contribution is -0.141. The van der Waals surface area contributed by atoms with E-state index in [2.05, 4.69) is 27.7 Å². The Morgan fingerprint density at radius 2 is 1.94 bits per heavy atom. The third-order valence-electron chi connectivity index (χ3n) is 4.97. The molecule has 0 saturated heterocycles. The SMILES string of the molecule is CC(=O)C1C2C(CC1(C)C)C(O)C2C(C)C. The number of Topliss-reactive ketones (excluding diaryl/α,β-unsaturated/α-hetero) is 1. The monoisotopic (exact) mass is 224 g/mol. The lowest BCUT2D eigenvalue weighted by Crippen LogP contribution is -2.53. The highest BCUT2D eigenvalue weighted by Gasteiger charge is 2.63. The molecule has 0 aromatic heterocycles. The molecule has 2 nitrogen and oxygen atoms in total. The Labute approximate surface area is 98.4 Å². The second-order valence-corrected chi connectivity index (χ2v) is 6.83. The predicted octanol–water partition coefficient (Wildman–Crippen LogP) is 2.50. The lowest BCUT2D eigenvalue weighted by Gasteiger charge is -2.50. The number of rotatable bonds is 2. The summed E-state index contributed by atoms with van der Waals surface area (Å²) in [4.78, 5) is 11.8. The summed E-state index contributed by atoms with van der Waals surface area (Å²) in [5, 5.41) is 10.2. The van der Waals surface area contributed by atoms with E-state index in [1.54, 1.807) is 6.92 Å². The molecule has 0 spiro atoms. The zero-order chi connectivity index (χ0) is 12.2. The highest BCUT2D eigenvalue weighted by atomic mass is 16.3. The van der Waals surface area contributed by atoms with Gasteiger partial charge >= 0.3 is 0 Å². The van der Waals surface area contributed by atoms with E-state index in [-0.39, 0.29) is 17.4 Å². The van der Waals surface area contributed by atoms with E-state index in [1.165, 1.54) is 0 Å². The van der Waals surface area contributed by atoms with E-state index in [9.17, 15) is 9.90 Å². The summed E-state index contributed by atoms with van der Waals surface area (Å²) in [6.45, 7) is 10.4. The summed E-state index contributed by atoms with van der Waals surface area (Å²) in [6, 6.07) is 0. The van der Waals surface area contributed by atoms with Crippen LogP contribution in [0.3, 0.4) is 0 Å². The Kier molecular flexibility index (Phi) is 2.69. The van der Waals surface area contributed by atoms with Crippen molar-refractivity contribution in [2.45, 2.75) is 47.1 Å². The van der Waals surface area contributed by atoms with Gasteiger partial charge in [0.2, 0.25) is 0 Å². The molecular formula is C14H24O2. The molecular weight excluding hydrogens is 200 g/mol. The Balaban J connectivity index is 2.28. The molecule has 0 bridgehead atoms. The number of carbonyl (C=O) groups excluding carboxylic acids is 1. The predicted molar refractivity (Wildman–Crippen MR) is 63.9 cm³/mol. The van der Waals surface area contributed by atoms with Gasteiger partial charge in [-0.2, -0.15) is 0 Å². The molecule has 5 atom stereocenters. The van der Waals surface area contributed by atoms with Gasteiger partial charge in [-0.1, -0.05) is 27.7 Å². The minimum absolute atomic E-state index is 0.0752. The fraction of sp³-hybridized carbons (Fsp3) is 0.929. The van der Waals surface area contributed by atoms with E-state index in [1.807, 2.05) is 0 Å². The first kappa shape index (κ1) is 12.1. The quantitative estimate of drug-likeness (QED) is 0.782. The molecule has 2 aliphatic rings. The lowest BCUT2D eigenvalue weighted by atomic mass is 9.57. The third-order valence-corrected chi connectivity index (χ3v) is 4.97. The molecule has 0 amide bonds. The van der Waals surface area contributed by atoms with Crippen LogP contribution in [0.4, 0.5) is 0 Å². The van der Waals surface area contributed by atoms with Gasteiger partial charge in [0.25, 0.3) is 0 Å². The maximum absolute atomic E-state index is 11.8. The Morgan fingerprint density at radius 1 is 1.38 bits per heavy atom. The smallest absolute Gasteiger partial charge is 0.133 e. The largest absolute Gasteiger partial charge is 0.393 e. The van der Waals surface area contributed by atoms with Crippen LogP contribution in [0.5, 0.6) is 0 Å². The molecule has 16 heavy (non-hydrogen) atoms. The minimum Gasteiger partial charge on any atom is -0.393 e. The van der Waals surface area contributed by atoms with Crippen molar-refractivity contribution >= 4 is 5.78 Å². The zero-order valence-corrected chi connectivity index (χ0v) is 11.0. The summed E-state index contributed by atoms with van der Waals surface area (Å²) >= 11 is 0. The zero-order valence-electron chi connectivity index (χ0n) is 11.0. The van der Waals surface area contributed by atoms with Crippen molar-refractivity contribution < 1.29 is 9.90 Å². The van der Waals surface area contributed by atoms with Crippen LogP contribution in [0.15, 0.2) is 0 Å². The number of hydrogen-bond acceptors (Lipinski definition) is 2. The van der Waals surface area contributed by atoms with Gasteiger partial charge in [-0.25, -0.2) is 0 Å². The summed E-state index contributed by atoms with van der Waals surface area (Å²) in [5.74, 6) is 2.09. The normalized spacial score (nSPS) is 45.3. The van der Waals surface area contributed by atoms with E-state index in [0.29, 0.717) is 29.5 Å². The van der Waals surface area contributed by atoms with Gasteiger partial charge in [0.05, 0.1) is 6.10 Å². The van der Waals surface area contributed by atoms with Crippen molar-refractivity contribution in [3.63, 3.8) is 0 Å². The Bertz CT molecular complexity index is 306. The van der Waals surface area contributed by atoms with Crippen molar-refractivity contribution in [3.05, 3.63) is 0 Å². The first-order chi connectivity index (χ1) is 7.27. The third kappa shape index (κ3) is 1.46. The highest BCUT2D eigenvalue weighted by Crippen LogP contribution is 2.63. The van der Waals surface area contributed by atoms with E-state index >= 15 is 0 Å². The van der Waals surface area contributed by atoms with Gasteiger partial charge in [0.15, 0.2) is 0 Å². The van der Waals surface area contributed by atoms with Crippen molar-refractivity contribution in [1.29, 1.82) is 0 Å². The van der Waals surface area contributed by atoms with E-state index < -0.39 is 0 Å². The molecule has 2 heteroatoms. The van der Waals surface area contributed by atoms with Gasteiger partial charge in [-0.05, 0) is 42.4 Å². The number of hydrogen-bond donors (Lipinski definition) is 1. The van der Waals surface area contributed by atoms with Crippen LogP contribution in [0.1, 0.15) is 41.0 Å². The average Bonchev–Trinajstić information content (AvgIpc) is 2.34. The Hall–Kier alpha value is -0.370. The molecule has 2 aliphatic carbocycles. The summed E-state index contributed by atoms with van der Waals surface area (Å²) in [5.41, 5.74) is 0.0752. The first-order valence-corrected chi connectivity index (χ1v) is 6.46. The molecule has 2 fully saturated rings. The maximum atomic E-state index is 11.8. The summed E-state index contributed by atoms with van der Waals surface area (Å²) < 4.78 is 0. The number of aliphatic hydroxyl groups is 1. The van der Waals surface area contributed by atoms with Crippen molar-refractivity contribution in [2.75, 3.05) is 0 Å². The average molecular weight is 224 g/mol. The topological polar surface area (TPSA) is 37.3 Å². The van der Waals surface area contributed by atoms with Crippen molar-refractivity contribution in [2.24, 2.45) is 35.0 Å². The van der Waals surface area contributed by atoms with Crippen LogP contribution in [0.25, 0.3) is 0 Å². The molecule has 1 N–H and O–H groups in total. The van der Waals surface area contributed by atoms with Crippen LogP contribution >= 0.6 is 0 Å². The summed E-state index contributed by atoms with van der Waals surface area (Å²) in [7, 11) is 0. The van der Waals surface area contributed by atoms with Crippen LogP contribution < -0.4 is 0 Å².